The van der Waals surface area contributed by atoms with Crippen molar-refractivity contribution in [2.45, 2.75) is 39.2 Å². The molecule has 0 saturated carbocycles. The number of benzene rings is 1. The first-order valence-corrected chi connectivity index (χ1v) is 9.55. The van der Waals surface area contributed by atoms with Crippen molar-refractivity contribution >= 4 is 0 Å². The van der Waals surface area contributed by atoms with Gasteiger partial charge in [0.2, 0.25) is 0 Å². The van der Waals surface area contributed by atoms with Gasteiger partial charge in [-0.2, -0.15) is 0 Å². The topological polar surface area (TPSA) is 9.72 Å². The van der Waals surface area contributed by atoms with Gasteiger partial charge in [0.15, 0.2) is 0 Å². The Labute approximate surface area is 142 Å². The highest BCUT2D eigenvalue weighted by Crippen LogP contribution is 2.25. The molecule has 1 unspecified atom stereocenters. The van der Waals surface area contributed by atoms with E-state index in [1.54, 1.807) is 11.1 Å². The lowest BCUT2D eigenvalue weighted by molar-refractivity contribution is 0.0831. The summed E-state index contributed by atoms with van der Waals surface area (Å²) in [4.78, 5) is 7.94. The Bertz CT molecular complexity index is 476. The fraction of sp³-hybridized carbons (Fsp3) is 0.700. The monoisotopic (exact) mass is 315 g/mol. The van der Waals surface area contributed by atoms with E-state index in [1.165, 1.54) is 71.6 Å². The number of aryl methyl sites for hydroxylation is 1. The van der Waals surface area contributed by atoms with Crippen LogP contribution in [0.2, 0.25) is 0 Å². The largest absolute Gasteiger partial charge is 0.303 e. The number of hydrogen-bond donors (Lipinski definition) is 0. The molecule has 23 heavy (non-hydrogen) atoms. The number of likely N-dealkylation sites (N-methyl/N-ethyl adjacent to an activating group) is 1. The maximum Gasteiger partial charge on any atom is 0.0140 e. The first kappa shape index (κ1) is 16.9. The molecule has 1 aliphatic carbocycles. The van der Waals surface area contributed by atoms with Crippen LogP contribution < -0.4 is 0 Å². The third-order valence-corrected chi connectivity index (χ3v) is 5.87. The number of fused-ring (bicyclic) bond motifs is 1. The molecular formula is C20H33N3. The molecule has 1 saturated heterocycles. The van der Waals surface area contributed by atoms with E-state index in [1.807, 2.05) is 0 Å². The Morgan fingerprint density at radius 1 is 1.00 bits per heavy atom. The van der Waals surface area contributed by atoms with Gasteiger partial charge in [0.1, 0.15) is 0 Å². The molecule has 3 rings (SSSR count). The molecule has 2 aliphatic rings. The quantitative estimate of drug-likeness (QED) is 0.798. The van der Waals surface area contributed by atoms with Crippen LogP contribution in [-0.2, 0) is 12.8 Å². The molecule has 1 atom stereocenters. The highest BCUT2D eigenvalue weighted by Gasteiger charge is 2.27. The van der Waals surface area contributed by atoms with Gasteiger partial charge in [0.25, 0.3) is 0 Å². The van der Waals surface area contributed by atoms with Gasteiger partial charge < -0.3 is 4.90 Å². The van der Waals surface area contributed by atoms with Gasteiger partial charge in [-0.1, -0.05) is 38.1 Å². The van der Waals surface area contributed by atoms with E-state index in [0.717, 1.165) is 6.04 Å². The van der Waals surface area contributed by atoms with E-state index in [-0.39, 0.29) is 0 Å². The molecule has 128 valence electrons. The maximum atomic E-state index is 2.75. The van der Waals surface area contributed by atoms with Gasteiger partial charge in [-0.25, -0.2) is 0 Å². The van der Waals surface area contributed by atoms with Gasteiger partial charge in [-0.15, -0.1) is 0 Å². The van der Waals surface area contributed by atoms with Gasteiger partial charge in [0, 0.05) is 45.3 Å². The molecule has 0 spiro atoms. The van der Waals surface area contributed by atoms with Gasteiger partial charge in [-0.3, -0.25) is 9.80 Å². The van der Waals surface area contributed by atoms with Gasteiger partial charge >= 0.3 is 0 Å². The zero-order chi connectivity index (χ0) is 16.1. The molecule has 0 amide bonds. The second-order valence-electron chi connectivity index (χ2n) is 7.07. The van der Waals surface area contributed by atoms with Crippen LogP contribution >= 0.6 is 0 Å². The van der Waals surface area contributed by atoms with E-state index < -0.39 is 0 Å². The zero-order valence-corrected chi connectivity index (χ0v) is 15.0. The van der Waals surface area contributed by atoms with E-state index >= 15 is 0 Å². The van der Waals surface area contributed by atoms with E-state index in [0.29, 0.717) is 0 Å². The molecule has 0 N–H and O–H groups in total. The van der Waals surface area contributed by atoms with Crippen LogP contribution in [0.15, 0.2) is 24.3 Å². The molecule has 1 aromatic rings. The Hall–Kier alpha value is -0.900. The summed E-state index contributed by atoms with van der Waals surface area (Å²) in [5.74, 6) is 0. The summed E-state index contributed by atoms with van der Waals surface area (Å²) < 4.78 is 0. The SMILES string of the molecule is CCN(CC)CCN1CCN(C2CCc3ccccc3C2)CC1. The normalized spacial score (nSPS) is 23.2. The smallest absolute Gasteiger partial charge is 0.0140 e. The summed E-state index contributed by atoms with van der Waals surface area (Å²) >= 11 is 0. The average Bonchev–Trinajstić information content (AvgIpc) is 2.63. The van der Waals surface area contributed by atoms with Crippen molar-refractivity contribution in [3.8, 4) is 0 Å². The minimum Gasteiger partial charge on any atom is -0.303 e. The fourth-order valence-electron chi connectivity index (χ4n) is 4.16. The van der Waals surface area contributed by atoms with Crippen molar-refractivity contribution in [2.24, 2.45) is 0 Å². The lowest BCUT2D eigenvalue weighted by Crippen LogP contribution is -2.52. The van der Waals surface area contributed by atoms with Crippen LogP contribution in [-0.4, -0.2) is 73.1 Å². The zero-order valence-electron chi connectivity index (χ0n) is 15.0. The summed E-state index contributed by atoms with van der Waals surface area (Å²) in [6.07, 6.45) is 3.87. The Balaban J connectivity index is 1.45. The van der Waals surface area contributed by atoms with E-state index in [4.69, 9.17) is 0 Å². The third-order valence-electron chi connectivity index (χ3n) is 5.87. The second-order valence-corrected chi connectivity index (χ2v) is 7.07. The lowest BCUT2D eigenvalue weighted by atomic mass is 9.87. The number of nitrogens with zero attached hydrogens (tertiary/aromatic N) is 3. The molecular weight excluding hydrogens is 282 g/mol. The molecule has 0 aromatic heterocycles. The Morgan fingerprint density at radius 2 is 1.70 bits per heavy atom. The third kappa shape index (κ3) is 4.34. The van der Waals surface area contributed by atoms with Crippen LogP contribution in [0.4, 0.5) is 0 Å². The summed E-state index contributed by atoms with van der Waals surface area (Å²) in [7, 11) is 0. The van der Waals surface area contributed by atoms with Crippen LogP contribution in [0.1, 0.15) is 31.4 Å². The number of hydrogen-bond acceptors (Lipinski definition) is 3. The van der Waals surface area contributed by atoms with Crippen molar-refractivity contribution in [2.75, 3.05) is 52.4 Å². The summed E-state index contributed by atoms with van der Waals surface area (Å²) in [6, 6.07) is 9.81. The summed E-state index contributed by atoms with van der Waals surface area (Å²) in [5.41, 5.74) is 3.18. The average molecular weight is 316 g/mol. The molecule has 0 radical (unpaired) electrons. The van der Waals surface area contributed by atoms with Crippen molar-refractivity contribution in [1.82, 2.24) is 14.7 Å². The van der Waals surface area contributed by atoms with Crippen molar-refractivity contribution in [1.29, 1.82) is 0 Å². The molecule has 3 nitrogen and oxygen atoms in total. The molecule has 1 heterocycles. The van der Waals surface area contributed by atoms with Crippen LogP contribution in [0.5, 0.6) is 0 Å². The van der Waals surface area contributed by atoms with E-state index in [2.05, 4.69) is 52.8 Å². The maximum absolute atomic E-state index is 2.75. The minimum absolute atomic E-state index is 0.773. The second kappa shape index (κ2) is 8.27. The summed E-state index contributed by atoms with van der Waals surface area (Å²) in [5, 5.41) is 0. The van der Waals surface area contributed by atoms with Crippen molar-refractivity contribution < 1.29 is 0 Å². The highest BCUT2D eigenvalue weighted by atomic mass is 15.3. The van der Waals surface area contributed by atoms with Crippen molar-refractivity contribution in [3.05, 3.63) is 35.4 Å². The first-order valence-electron chi connectivity index (χ1n) is 9.55. The molecule has 1 fully saturated rings. The molecule has 0 bridgehead atoms. The number of piperazine rings is 1. The molecule has 1 aromatic carbocycles. The van der Waals surface area contributed by atoms with Crippen LogP contribution in [0.25, 0.3) is 0 Å². The Kier molecular flexibility index (Phi) is 6.09. The van der Waals surface area contributed by atoms with Gasteiger partial charge in [0.05, 0.1) is 0 Å². The molecule has 1 aliphatic heterocycles. The lowest BCUT2D eigenvalue weighted by Gasteiger charge is -2.41. The van der Waals surface area contributed by atoms with E-state index in [9.17, 15) is 0 Å². The summed E-state index contributed by atoms with van der Waals surface area (Å²) in [6.45, 7) is 14.4. The predicted octanol–water partition coefficient (Wildman–Crippen LogP) is 2.50. The Morgan fingerprint density at radius 3 is 2.39 bits per heavy atom. The number of rotatable bonds is 6. The predicted molar refractivity (Wildman–Crippen MR) is 98.1 cm³/mol. The standard InChI is InChI=1S/C20H33N3/c1-3-21(4-2)11-12-22-13-15-23(16-14-22)20-10-9-18-7-5-6-8-19(18)17-20/h5-8,20H,3-4,9-17H2,1-2H3. The highest BCUT2D eigenvalue weighted by molar-refractivity contribution is 5.30. The first-order chi connectivity index (χ1) is 11.3. The van der Waals surface area contributed by atoms with Gasteiger partial charge in [-0.05, 0) is 43.5 Å². The van der Waals surface area contributed by atoms with Crippen LogP contribution in [0, 0.1) is 0 Å². The molecule has 3 heteroatoms. The van der Waals surface area contributed by atoms with Crippen LogP contribution in [0.3, 0.4) is 0 Å². The fourth-order valence-corrected chi connectivity index (χ4v) is 4.16. The van der Waals surface area contributed by atoms with Crippen molar-refractivity contribution in [3.63, 3.8) is 0 Å². The minimum atomic E-state index is 0.773.